The first-order chi connectivity index (χ1) is 9.11. The quantitative estimate of drug-likeness (QED) is 0.908. The van der Waals surface area contributed by atoms with E-state index in [0.29, 0.717) is 6.54 Å². The van der Waals surface area contributed by atoms with Crippen molar-refractivity contribution in [3.05, 3.63) is 56.7 Å². The van der Waals surface area contributed by atoms with Gasteiger partial charge in [0, 0.05) is 27.9 Å². The molecule has 1 aromatic carbocycles. The van der Waals surface area contributed by atoms with E-state index < -0.39 is 0 Å². The number of thiophene rings is 1. The number of rotatable bonds is 5. The van der Waals surface area contributed by atoms with Crippen molar-refractivity contribution >= 4 is 22.9 Å². The van der Waals surface area contributed by atoms with Crippen molar-refractivity contribution in [1.29, 1.82) is 0 Å². The largest absolute Gasteiger partial charge is 0.329 e. The van der Waals surface area contributed by atoms with Gasteiger partial charge in [0.15, 0.2) is 0 Å². The lowest BCUT2D eigenvalue weighted by atomic mass is 10.1. The standard InChI is InChI=1S/C15H19ClN2S/c1-11-7-8-15(19-11)14(9-17)18(2)10-12-5-3-4-6-13(12)16/h3-8,14H,9-10,17H2,1-2H3. The number of nitrogens with two attached hydrogens (primary N) is 1. The van der Waals surface area contributed by atoms with Crippen LogP contribution >= 0.6 is 22.9 Å². The summed E-state index contributed by atoms with van der Waals surface area (Å²) in [4.78, 5) is 4.89. The minimum Gasteiger partial charge on any atom is -0.329 e. The number of hydrogen-bond donors (Lipinski definition) is 1. The van der Waals surface area contributed by atoms with Crippen LogP contribution in [0.25, 0.3) is 0 Å². The van der Waals surface area contributed by atoms with Crippen LogP contribution in [0.2, 0.25) is 5.02 Å². The van der Waals surface area contributed by atoms with Crippen LogP contribution in [0.1, 0.15) is 21.4 Å². The number of benzene rings is 1. The Bertz CT molecular complexity index is 538. The van der Waals surface area contributed by atoms with Gasteiger partial charge < -0.3 is 5.73 Å². The average molecular weight is 295 g/mol. The van der Waals surface area contributed by atoms with Crippen molar-refractivity contribution in [3.63, 3.8) is 0 Å². The molecule has 0 aliphatic heterocycles. The summed E-state index contributed by atoms with van der Waals surface area (Å²) in [7, 11) is 2.09. The Morgan fingerprint density at radius 2 is 2.00 bits per heavy atom. The molecule has 0 spiro atoms. The maximum atomic E-state index is 6.21. The van der Waals surface area contributed by atoms with Crippen LogP contribution in [0.15, 0.2) is 36.4 Å². The number of nitrogens with zero attached hydrogens (tertiary/aromatic N) is 1. The summed E-state index contributed by atoms with van der Waals surface area (Å²) in [6.45, 7) is 3.54. The maximum Gasteiger partial charge on any atom is 0.0564 e. The third-order valence-corrected chi connectivity index (χ3v) is 4.69. The lowest BCUT2D eigenvalue weighted by Crippen LogP contribution is -2.29. The van der Waals surface area contributed by atoms with Crippen molar-refractivity contribution in [2.24, 2.45) is 5.73 Å². The maximum absolute atomic E-state index is 6.21. The Kier molecular flexibility index (Phi) is 4.99. The Morgan fingerprint density at radius 3 is 2.58 bits per heavy atom. The molecule has 0 aliphatic carbocycles. The van der Waals surface area contributed by atoms with Gasteiger partial charge in [-0.25, -0.2) is 0 Å². The minimum atomic E-state index is 0.245. The zero-order valence-corrected chi connectivity index (χ0v) is 12.8. The summed E-state index contributed by atoms with van der Waals surface area (Å²) < 4.78 is 0. The molecule has 1 aromatic heterocycles. The van der Waals surface area contributed by atoms with E-state index in [1.807, 2.05) is 29.5 Å². The second kappa shape index (κ2) is 6.53. The predicted octanol–water partition coefficient (Wildman–Crippen LogP) is 3.84. The monoisotopic (exact) mass is 294 g/mol. The number of aryl methyl sites for hydroxylation is 1. The van der Waals surface area contributed by atoms with E-state index in [1.165, 1.54) is 9.75 Å². The zero-order chi connectivity index (χ0) is 13.8. The zero-order valence-electron chi connectivity index (χ0n) is 11.3. The average Bonchev–Trinajstić information content (AvgIpc) is 2.80. The van der Waals surface area contributed by atoms with Crippen LogP contribution in [0.4, 0.5) is 0 Å². The van der Waals surface area contributed by atoms with Gasteiger partial charge in [-0.15, -0.1) is 11.3 Å². The second-order valence-corrected chi connectivity index (χ2v) is 6.43. The molecule has 1 heterocycles. The summed E-state index contributed by atoms with van der Waals surface area (Å²) in [5.74, 6) is 0. The molecule has 0 radical (unpaired) electrons. The van der Waals surface area contributed by atoms with Gasteiger partial charge in [0.1, 0.15) is 0 Å². The van der Waals surface area contributed by atoms with Gasteiger partial charge in [-0.3, -0.25) is 4.90 Å². The van der Waals surface area contributed by atoms with Crippen LogP contribution < -0.4 is 5.73 Å². The molecule has 1 unspecified atom stereocenters. The topological polar surface area (TPSA) is 29.3 Å². The first-order valence-corrected chi connectivity index (χ1v) is 7.51. The van der Waals surface area contributed by atoms with Gasteiger partial charge in [0.05, 0.1) is 6.04 Å². The van der Waals surface area contributed by atoms with E-state index in [2.05, 4.69) is 37.1 Å². The van der Waals surface area contributed by atoms with Gasteiger partial charge in [0.25, 0.3) is 0 Å². The summed E-state index contributed by atoms with van der Waals surface area (Å²) in [6.07, 6.45) is 0. The normalized spacial score (nSPS) is 12.9. The molecule has 0 aliphatic rings. The lowest BCUT2D eigenvalue weighted by molar-refractivity contribution is 0.245. The molecule has 0 saturated carbocycles. The second-order valence-electron chi connectivity index (χ2n) is 4.71. The molecular formula is C15H19ClN2S. The highest BCUT2D eigenvalue weighted by molar-refractivity contribution is 7.12. The molecule has 102 valence electrons. The summed E-state index contributed by atoms with van der Waals surface area (Å²) in [5.41, 5.74) is 7.08. The molecule has 2 rings (SSSR count). The molecule has 0 saturated heterocycles. The van der Waals surface area contributed by atoms with Crippen molar-refractivity contribution in [3.8, 4) is 0 Å². The number of hydrogen-bond acceptors (Lipinski definition) is 3. The Balaban J connectivity index is 2.13. The Morgan fingerprint density at radius 1 is 1.26 bits per heavy atom. The third kappa shape index (κ3) is 3.57. The smallest absolute Gasteiger partial charge is 0.0564 e. The molecular weight excluding hydrogens is 276 g/mol. The van der Waals surface area contributed by atoms with Gasteiger partial charge in [-0.05, 0) is 37.7 Å². The fourth-order valence-corrected chi connectivity index (χ4v) is 3.40. The van der Waals surface area contributed by atoms with E-state index >= 15 is 0 Å². The molecule has 2 aromatic rings. The summed E-state index contributed by atoms with van der Waals surface area (Å²) in [5, 5.41) is 0.812. The van der Waals surface area contributed by atoms with Gasteiger partial charge in [0.2, 0.25) is 0 Å². The third-order valence-electron chi connectivity index (χ3n) is 3.22. The van der Waals surface area contributed by atoms with Crippen molar-refractivity contribution in [1.82, 2.24) is 4.90 Å². The van der Waals surface area contributed by atoms with Gasteiger partial charge in [-0.1, -0.05) is 29.8 Å². The summed E-state index contributed by atoms with van der Waals surface area (Å²) >= 11 is 8.02. The molecule has 1 atom stereocenters. The van der Waals surface area contributed by atoms with Crippen molar-refractivity contribution in [2.45, 2.75) is 19.5 Å². The molecule has 19 heavy (non-hydrogen) atoms. The Hall–Kier alpha value is -0.870. The summed E-state index contributed by atoms with van der Waals surface area (Å²) in [6, 6.07) is 12.5. The van der Waals surface area contributed by atoms with E-state index in [-0.39, 0.29) is 6.04 Å². The molecule has 0 amide bonds. The fourth-order valence-electron chi connectivity index (χ4n) is 2.15. The SMILES string of the molecule is Cc1ccc(C(CN)N(C)Cc2ccccc2Cl)s1. The molecule has 2 nitrogen and oxygen atoms in total. The van der Waals surface area contributed by atoms with E-state index in [9.17, 15) is 0 Å². The molecule has 0 fully saturated rings. The minimum absolute atomic E-state index is 0.245. The van der Waals surface area contributed by atoms with Crippen LogP contribution in [-0.4, -0.2) is 18.5 Å². The molecule has 4 heteroatoms. The predicted molar refractivity (Wildman–Crippen MR) is 83.8 cm³/mol. The highest BCUT2D eigenvalue weighted by Crippen LogP contribution is 2.28. The highest BCUT2D eigenvalue weighted by atomic mass is 35.5. The first-order valence-electron chi connectivity index (χ1n) is 6.32. The fraction of sp³-hybridized carbons (Fsp3) is 0.333. The van der Waals surface area contributed by atoms with E-state index in [4.69, 9.17) is 17.3 Å². The van der Waals surface area contributed by atoms with Crippen molar-refractivity contribution < 1.29 is 0 Å². The number of halogens is 1. The molecule has 0 bridgehead atoms. The van der Waals surface area contributed by atoms with Crippen LogP contribution in [-0.2, 0) is 6.54 Å². The van der Waals surface area contributed by atoms with E-state index in [0.717, 1.165) is 17.1 Å². The van der Waals surface area contributed by atoms with E-state index in [1.54, 1.807) is 0 Å². The van der Waals surface area contributed by atoms with Crippen LogP contribution in [0.5, 0.6) is 0 Å². The highest BCUT2D eigenvalue weighted by Gasteiger charge is 2.17. The Labute approximate surface area is 123 Å². The first kappa shape index (κ1) is 14.5. The lowest BCUT2D eigenvalue weighted by Gasteiger charge is -2.26. The number of likely N-dealkylation sites (N-methyl/N-ethyl adjacent to an activating group) is 1. The van der Waals surface area contributed by atoms with Crippen molar-refractivity contribution in [2.75, 3.05) is 13.6 Å². The van der Waals surface area contributed by atoms with Crippen LogP contribution in [0, 0.1) is 6.92 Å². The van der Waals surface area contributed by atoms with Crippen LogP contribution in [0.3, 0.4) is 0 Å². The van der Waals surface area contributed by atoms with Gasteiger partial charge in [-0.2, -0.15) is 0 Å². The van der Waals surface area contributed by atoms with Gasteiger partial charge >= 0.3 is 0 Å². The molecule has 2 N–H and O–H groups in total.